The number of rotatable bonds is 12. The molecule has 1 atom stereocenters. The quantitative estimate of drug-likeness (QED) is 0.261. The molecule has 174 valence electrons. The van der Waals surface area contributed by atoms with Gasteiger partial charge in [0.05, 0.1) is 6.54 Å². The molecule has 8 heteroatoms. The number of esters is 1. The molecule has 0 fully saturated rings. The number of nitrogens with one attached hydrogen (secondary N) is 3. The summed E-state index contributed by atoms with van der Waals surface area (Å²) >= 11 is 0. The van der Waals surface area contributed by atoms with Crippen LogP contribution >= 0.6 is 0 Å². The molecule has 0 bridgehead atoms. The fourth-order valence-electron chi connectivity index (χ4n) is 2.85. The molecule has 3 amide bonds. The Balaban J connectivity index is 1.82. The van der Waals surface area contributed by atoms with Crippen LogP contribution in [0.5, 0.6) is 0 Å². The van der Waals surface area contributed by atoms with Crippen molar-refractivity contribution in [2.75, 3.05) is 13.1 Å². The summed E-state index contributed by atoms with van der Waals surface area (Å²) in [5.41, 5.74) is 1.68. The minimum absolute atomic E-state index is 0.0924. The van der Waals surface area contributed by atoms with Crippen LogP contribution in [0.25, 0.3) is 0 Å². The number of ether oxygens (including phenoxy) is 2. The summed E-state index contributed by atoms with van der Waals surface area (Å²) in [7, 11) is 0. The number of urea groups is 1. The number of unbranched alkanes of at least 4 members (excludes halogenated alkanes) is 1. The minimum atomic E-state index is -0.868. The van der Waals surface area contributed by atoms with Gasteiger partial charge in [-0.05, 0) is 30.4 Å². The fourth-order valence-corrected chi connectivity index (χ4v) is 2.85. The molecule has 0 heterocycles. The van der Waals surface area contributed by atoms with Crippen LogP contribution in [0.1, 0.15) is 30.4 Å². The molecule has 0 aliphatic carbocycles. The van der Waals surface area contributed by atoms with Crippen molar-refractivity contribution >= 4 is 18.1 Å². The molecule has 0 saturated carbocycles. The Labute approximate surface area is 194 Å². The van der Waals surface area contributed by atoms with Gasteiger partial charge in [-0.2, -0.15) is 0 Å². The monoisotopic (exact) mass is 451 g/mol. The summed E-state index contributed by atoms with van der Waals surface area (Å²) in [6, 6.07) is 17.3. The third-order valence-electron chi connectivity index (χ3n) is 4.57. The molecule has 0 spiro atoms. The van der Waals surface area contributed by atoms with E-state index in [1.807, 2.05) is 60.7 Å². The maximum Gasteiger partial charge on any atom is 0.408 e. The van der Waals surface area contributed by atoms with Crippen molar-refractivity contribution in [1.82, 2.24) is 16.0 Å². The Morgan fingerprint density at radius 1 is 0.848 bits per heavy atom. The van der Waals surface area contributed by atoms with Crippen molar-refractivity contribution < 1.29 is 23.9 Å². The summed E-state index contributed by atoms with van der Waals surface area (Å²) in [6.45, 7) is 0.750. The second kappa shape index (κ2) is 14.9. The van der Waals surface area contributed by atoms with Crippen molar-refractivity contribution in [2.45, 2.75) is 38.5 Å². The van der Waals surface area contributed by atoms with E-state index in [9.17, 15) is 14.4 Å². The lowest BCUT2D eigenvalue weighted by molar-refractivity contribution is -0.147. The zero-order chi connectivity index (χ0) is 23.7. The van der Waals surface area contributed by atoms with Crippen LogP contribution in [-0.4, -0.2) is 37.2 Å². The van der Waals surface area contributed by atoms with Crippen LogP contribution in [0.3, 0.4) is 0 Å². The number of hydrogen-bond donors (Lipinski definition) is 3. The van der Waals surface area contributed by atoms with Crippen LogP contribution in [-0.2, 0) is 27.5 Å². The third-order valence-corrected chi connectivity index (χ3v) is 4.57. The first-order valence-corrected chi connectivity index (χ1v) is 10.7. The van der Waals surface area contributed by atoms with E-state index in [1.54, 1.807) is 0 Å². The predicted octanol–water partition coefficient (Wildman–Crippen LogP) is 3.13. The van der Waals surface area contributed by atoms with Gasteiger partial charge in [-0.3, -0.25) is 0 Å². The summed E-state index contributed by atoms with van der Waals surface area (Å²) in [5.74, 6) is 1.77. The van der Waals surface area contributed by atoms with Crippen molar-refractivity contribution in [3.63, 3.8) is 0 Å². The second-order valence-corrected chi connectivity index (χ2v) is 7.16. The van der Waals surface area contributed by atoms with E-state index in [0.717, 1.165) is 11.1 Å². The third kappa shape index (κ3) is 10.7. The van der Waals surface area contributed by atoms with Gasteiger partial charge in [0.1, 0.15) is 19.3 Å². The van der Waals surface area contributed by atoms with Crippen LogP contribution in [0.4, 0.5) is 9.59 Å². The molecule has 0 aliphatic heterocycles. The van der Waals surface area contributed by atoms with E-state index < -0.39 is 18.1 Å². The van der Waals surface area contributed by atoms with Gasteiger partial charge in [0, 0.05) is 6.54 Å². The first-order chi connectivity index (χ1) is 16.1. The fraction of sp³-hybridized carbons (Fsp3) is 0.320. The summed E-state index contributed by atoms with van der Waals surface area (Å²) < 4.78 is 10.6. The maximum absolute atomic E-state index is 12.6. The zero-order valence-corrected chi connectivity index (χ0v) is 18.4. The van der Waals surface area contributed by atoms with Gasteiger partial charge in [0.25, 0.3) is 0 Å². The number of carbonyl (C=O) groups is 3. The normalized spacial score (nSPS) is 10.9. The lowest BCUT2D eigenvalue weighted by Gasteiger charge is -2.18. The van der Waals surface area contributed by atoms with Gasteiger partial charge >= 0.3 is 18.1 Å². The van der Waals surface area contributed by atoms with Gasteiger partial charge in [0.15, 0.2) is 0 Å². The first-order valence-electron chi connectivity index (χ1n) is 10.7. The molecule has 8 nitrogen and oxygen atoms in total. The Hall–Kier alpha value is -3.99. The highest BCUT2D eigenvalue weighted by Gasteiger charge is 2.23. The molecular weight excluding hydrogens is 422 g/mol. The Kier molecular flexibility index (Phi) is 11.4. The first kappa shape index (κ1) is 25.3. The molecule has 2 rings (SSSR count). The molecule has 0 aliphatic rings. The largest absolute Gasteiger partial charge is 0.459 e. The molecule has 2 aromatic rings. The van der Waals surface area contributed by atoms with Crippen LogP contribution in [0, 0.1) is 12.3 Å². The summed E-state index contributed by atoms with van der Waals surface area (Å²) in [4.78, 5) is 36.4. The highest BCUT2D eigenvalue weighted by atomic mass is 16.6. The van der Waals surface area contributed by atoms with E-state index in [0.29, 0.717) is 25.8 Å². The lowest BCUT2D eigenvalue weighted by atomic mass is 10.1. The standard InChI is InChI=1S/C25H29N3O5/c1-2-16-26-24(30)27-17-10-9-15-22(23(29)32-18-20-11-5-3-6-12-20)28-25(31)33-19-21-13-7-4-8-14-21/h1,3-8,11-14,22H,9-10,15-19H2,(H,28,31)(H2,26,27,30). The topological polar surface area (TPSA) is 106 Å². The molecular formula is C25H29N3O5. The summed E-state index contributed by atoms with van der Waals surface area (Å²) in [5, 5.41) is 7.77. The van der Waals surface area contributed by atoms with Gasteiger partial charge < -0.3 is 25.4 Å². The molecule has 0 saturated heterocycles. The van der Waals surface area contributed by atoms with Crippen molar-refractivity contribution in [2.24, 2.45) is 0 Å². The van der Waals surface area contributed by atoms with Gasteiger partial charge in [-0.25, -0.2) is 14.4 Å². The highest BCUT2D eigenvalue weighted by Crippen LogP contribution is 2.08. The van der Waals surface area contributed by atoms with E-state index in [-0.39, 0.29) is 25.8 Å². The molecule has 33 heavy (non-hydrogen) atoms. The van der Waals surface area contributed by atoms with Crippen LogP contribution < -0.4 is 16.0 Å². The smallest absolute Gasteiger partial charge is 0.408 e. The maximum atomic E-state index is 12.6. The van der Waals surface area contributed by atoms with Crippen molar-refractivity contribution in [3.05, 3.63) is 71.8 Å². The van der Waals surface area contributed by atoms with Crippen LogP contribution in [0.2, 0.25) is 0 Å². The van der Waals surface area contributed by atoms with E-state index in [1.165, 1.54) is 0 Å². The van der Waals surface area contributed by atoms with Crippen molar-refractivity contribution in [3.8, 4) is 12.3 Å². The number of carbonyl (C=O) groups excluding carboxylic acids is 3. The molecule has 0 aromatic heterocycles. The zero-order valence-electron chi connectivity index (χ0n) is 18.4. The van der Waals surface area contributed by atoms with E-state index >= 15 is 0 Å². The molecule has 2 aromatic carbocycles. The minimum Gasteiger partial charge on any atom is -0.459 e. The Morgan fingerprint density at radius 2 is 1.45 bits per heavy atom. The highest BCUT2D eigenvalue weighted by molar-refractivity contribution is 5.81. The van der Waals surface area contributed by atoms with Crippen molar-refractivity contribution in [1.29, 1.82) is 0 Å². The average Bonchev–Trinajstić information content (AvgIpc) is 2.85. The lowest BCUT2D eigenvalue weighted by Crippen LogP contribution is -2.42. The Morgan fingerprint density at radius 3 is 2.06 bits per heavy atom. The van der Waals surface area contributed by atoms with E-state index in [2.05, 4.69) is 21.9 Å². The summed E-state index contributed by atoms with van der Waals surface area (Å²) in [6.07, 6.45) is 5.90. The van der Waals surface area contributed by atoms with Crippen LogP contribution in [0.15, 0.2) is 60.7 Å². The predicted molar refractivity (Wildman–Crippen MR) is 124 cm³/mol. The number of amides is 3. The number of alkyl carbamates (subject to hydrolysis) is 1. The molecule has 1 unspecified atom stereocenters. The SMILES string of the molecule is C#CCNC(=O)NCCCCC(NC(=O)OCc1ccccc1)C(=O)OCc1ccccc1. The Bertz CT molecular complexity index is 913. The van der Waals surface area contributed by atoms with Gasteiger partial charge in [-0.1, -0.05) is 66.6 Å². The average molecular weight is 452 g/mol. The van der Waals surface area contributed by atoms with Gasteiger partial charge in [-0.15, -0.1) is 6.42 Å². The van der Waals surface area contributed by atoms with E-state index in [4.69, 9.17) is 15.9 Å². The van der Waals surface area contributed by atoms with Gasteiger partial charge in [0.2, 0.25) is 0 Å². The number of terminal acetylenes is 1. The molecule has 3 N–H and O–H groups in total. The second-order valence-electron chi connectivity index (χ2n) is 7.16. The molecule has 0 radical (unpaired) electrons. The number of hydrogen-bond acceptors (Lipinski definition) is 5. The number of benzene rings is 2.